The van der Waals surface area contributed by atoms with Crippen molar-refractivity contribution in [3.8, 4) is 0 Å². The Morgan fingerprint density at radius 2 is 2.10 bits per heavy atom. The van der Waals surface area contributed by atoms with Crippen molar-refractivity contribution in [2.45, 2.75) is 25.8 Å². The number of amides is 1. The summed E-state index contributed by atoms with van der Waals surface area (Å²) in [5.41, 5.74) is 8.75. The Bertz CT molecular complexity index is 662. The Morgan fingerprint density at radius 1 is 1.33 bits per heavy atom. The molecule has 0 radical (unpaired) electrons. The van der Waals surface area contributed by atoms with Crippen molar-refractivity contribution in [1.29, 1.82) is 0 Å². The molecule has 0 atom stereocenters. The van der Waals surface area contributed by atoms with E-state index >= 15 is 0 Å². The summed E-state index contributed by atoms with van der Waals surface area (Å²) in [7, 11) is 0. The lowest BCUT2D eigenvalue weighted by Gasteiger charge is -2.34. The van der Waals surface area contributed by atoms with Gasteiger partial charge in [0, 0.05) is 43.3 Å². The second-order valence-corrected chi connectivity index (χ2v) is 5.54. The predicted molar refractivity (Wildman–Crippen MR) is 85.2 cm³/mol. The van der Waals surface area contributed by atoms with Crippen LogP contribution in [0.5, 0.6) is 0 Å². The zero-order valence-corrected chi connectivity index (χ0v) is 12.2. The number of rotatable bonds is 2. The zero-order chi connectivity index (χ0) is 14.8. The van der Waals surface area contributed by atoms with Gasteiger partial charge in [-0.05, 0) is 25.0 Å². The Morgan fingerprint density at radius 3 is 2.81 bits per heavy atom. The molecule has 1 aliphatic heterocycles. The van der Waals surface area contributed by atoms with Crippen LogP contribution in [-0.2, 0) is 4.79 Å². The number of anilines is 2. The van der Waals surface area contributed by atoms with Crippen molar-refractivity contribution >= 4 is 28.2 Å². The van der Waals surface area contributed by atoms with Crippen LogP contribution < -0.4 is 16.0 Å². The van der Waals surface area contributed by atoms with E-state index in [0.29, 0.717) is 5.69 Å². The number of nitrogen functional groups attached to an aromatic ring is 1. The van der Waals surface area contributed by atoms with E-state index in [-0.39, 0.29) is 11.9 Å². The quantitative estimate of drug-likeness (QED) is 0.827. The molecule has 0 bridgehead atoms. The van der Waals surface area contributed by atoms with E-state index in [1.165, 1.54) is 5.69 Å². The number of nitrogens with zero attached hydrogens (tertiary/aromatic N) is 2. The van der Waals surface area contributed by atoms with Gasteiger partial charge >= 0.3 is 0 Å². The van der Waals surface area contributed by atoms with Gasteiger partial charge in [0.25, 0.3) is 0 Å². The van der Waals surface area contributed by atoms with Crippen LogP contribution in [0.4, 0.5) is 11.4 Å². The molecule has 1 fully saturated rings. The van der Waals surface area contributed by atoms with E-state index in [1.807, 2.05) is 24.4 Å². The average molecular weight is 284 g/mol. The number of hydrogen-bond donors (Lipinski definition) is 2. The molecule has 1 aromatic heterocycles. The van der Waals surface area contributed by atoms with Crippen LogP contribution in [0, 0.1) is 0 Å². The molecule has 3 N–H and O–H groups in total. The molecule has 1 saturated heterocycles. The van der Waals surface area contributed by atoms with Crippen LogP contribution in [0.3, 0.4) is 0 Å². The second-order valence-electron chi connectivity index (χ2n) is 5.54. The van der Waals surface area contributed by atoms with E-state index in [2.05, 4.69) is 21.3 Å². The summed E-state index contributed by atoms with van der Waals surface area (Å²) in [4.78, 5) is 17.9. The highest BCUT2D eigenvalue weighted by molar-refractivity contribution is 5.98. The molecule has 5 nitrogen and oxygen atoms in total. The molecule has 0 aliphatic carbocycles. The van der Waals surface area contributed by atoms with Crippen LogP contribution in [0.15, 0.2) is 30.5 Å². The number of nitrogens with one attached hydrogen (secondary N) is 1. The molecule has 0 saturated carbocycles. The monoisotopic (exact) mass is 284 g/mol. The second kappa shape index (κ2) is 5.60. The lowest BCUT2D eigenvalue weighted by Crippen LogP contribution is -2.44. The maximum Gasteiger partial charge on any atom is 0.217 e. The van der Waals surface area contributed by atoms with Crippen molar-refractivity contribution in [3.63, 3.8) is 0 Å². The van der Waals surface area contributed by atoms with E-state index in [9.17, 15) is 4.79 Å². The fraction of sp³-hybridized carbons (Fsp3) is 0.375. The van der Waals surface area contributed by atoms with Gasteiger partial charge in [0.2, 0.25) is 5.91 Å². The molecule has 2 heterocycles. The molecule has 1 aliphatic rings. The normalized spacial score (nSPS) is 16.1. The lowest BCUT2D eigenvalue weighted by atomic mass is 10.0. The van der Waals surface area contributed by atoms with Gasteiger partial charge < -0.3 is 16.0 Å². The number of pyridine rings is 1. The average Bonchev–Trinajstić information content (AvgIpc) is 2.48. The van der Waals surface area contributed by atoms with Gasteiger partial charge in [-0.15, -0.1) is 0 Å². The fourth-order valence-corrected chi connectivity index (χ4v) is 3.01. The number of nitrogens with two attached hydrogens (primary N) is 1. The molecule has 1 amide bonds. The minimum atomic E-state index is 0.0515. The van der Waals surface area contributed by atoms with E-state index < -0.39 is 0 Å². The number of fused-ring (bicyclic) bond motifs is 1. The molecular weight excluding hydrogens is 264 g/mol. The highest BCUT2D eigenvalue weighted by Crippen LogP contribution is 2.30. The molecule has 21 heavy (non-hydrogen) atoms. The third-order valence-electron chi connectivity index (χ3n) is 4.02. The SMILES string of the molecule is CC(=O)NC1CCN(c2ccnc3c(N)cccc23)CC1. The highest BCUT2D eigenvalue weighted by Gasteiger charge is 2.21. The van der Waals surface area contributed by atoms with Crippen molar-refractivity contribution in [2.24, 2.45) is 0 Å². The Hall–Kier alpha value is -2.30. The van der Waals surface area contributed by atoms with Gasteiger partial charge in [-0.2, -0.15) is 0 Å². The van der Waals surface area contributed by atoms with Crippen LogP contribution in [-0.4, -0.2) is 30.0 Å². The molecule has 0 spiro atoms. The maximum absolute atomic E-state index is 11.1. The Balaban J connectivity index is 1.83. The van der Waals surface area contributed by atoms with E-state index in [1.54, 1.807) is 6.92 Å². The molecule has 0 unspecified atom stereocenters. The molecule has 5 heteroatoms. The van der Waals surface area contributed by atoms with Crippen LogP contribution in [0.1, 0.15) is 19.8 Å². The number of piperidine rings is 1. The Labute approximate surface area is 124 Å². The third kappa shape index (κ3) is 2.77. The van der Waals surface area contributed by atoms with Crippen molar-refractivity contribution in [1.82, 2.24) is 10.3 Å². The fourth-order valence-electron chi connectivity index (χ4n) is 3.01. The number of benzene rings is 1. The lowest BCUT2D eigenvalue weighted by molar-refractivity contribution is -0.119. The summed E-state index contributed by atoms with van der Waals surface area (Å²) in [5.74, 6) is 0.0515. The van der Waals surface area contributed by atoms with Crippen molar-refractivity contribution in [3.05, 3.63) is 30.5 Å². The minimum Gasteiger partial charge on any atom is -0.397 e. The van der Waals surface area contributed by atoms with Crippen molar-refractivity contribution < 1.29 is 4.79 Å². The smallest absolute Gasteiger partial charge is 0.217 e. The topological polar surface area (TPSA) is 71.2 Å². The molecule has 3 rings (SSSR count). The first-order valence-electron chi connectivity index (χ1n) is 7.30. The minimum absolute atomic E-state index is 0.0515. The largest absolute Gasteiger partial charge is 0.397 e. The van der Waals surface area contributed by atoms with Crippen LogP contribution >= 0.6 is 0 Å². The van der Waals surface area contributed by atoms with E-state index in [4.69, 9.17) is 5.73 Å². The van der Waals surface area contributed by atoms with Gasteiger partial charge in [-0.1, -0.05) is 12.1 Å². The van der Waals surface area contributed by atoms with Crippen molar-refractivity contribution in [2.75, 3.05) is 23.7 Å². The predicted octanol–water partition coefficient (Wildman–Crippen LogP) is 1.92. The maximum atomic E-state index is 11.1. The number of carbonyl (C=O) groups is 1. The zero-order valence-electron chi connectivity index (χ0n) is 12.2. The summed E-state index contributed by atoms with van der Waals surface area (Å²) in [6.45, 7) is 3.43. The Kier molecular flexibility index (Phi) is 3.64. The van der Waals surface area contributed by atoms with Gasteiger partial charge in [-0.3, -0.25) is 9.78 Å². The van der Waals surface area contributed by atoms with Crippen LogP contribution in [0.2, 0.25) is 0 Å². The number of hydrogen-bond acceptors (Lipinski definition) is 4. The summed E-state index contributed by atoms with van der Waals surface area (Å²) in [6.07, 6.45) is 3.74. The standard InChI is InChI=1S/C16H20N4O/c1-11(21)19-12-6-9-20(10-7-12)15-5-8-18-16-13(15)3-2-4-14(16)17/h2-5,8,12H,6-7,9-10,17H2,1H3,(H,19,21). The van der Waals surface area contributed by atoms with E-state index in [0.717, 1.165) is 36.8 Å². The highest BCUT2D eigenvalue weighted by atomic mass is 16.1. The van der Waals surface area contributed by atoms with Gasteiger partial charge in [0.15, 0.2) is 0 Å². The first-order valence-corrected chi connectivity index (χ1v) is 7.30. The summed E-state index contributed by atoms with van der Waals surface area (Å²) >= 11 is 0. The first-order chi connectivity index (χ1) is 10.1. The molecule has 110 valence electrons. The molecule has 2 aromatic rings. The van der Waals surface area contributed by atoms with Gasteiger partial charge in [0.05, 0.1) is 11.2 Å². The van der Waals surface area contributed by atoms with Crippen LogP contribution in [0.25, 0.3) is 10.9 Å². The molecular formula is C16H20N4O. The summed E-state index contributed by atoms with van der Waals surface area (Å²) in [5, 5.41) is 4.10. The summed E-state index contributed by atoms with van der Waals surface area (Å²) in [6, 6.07) is 8.24. The van der Waals surface area contributed by atoms with Gasteiger partial charge in [0.1, 0.15) is 0 Å². The summed E-state index contributed by atoms with van der Waals surface area (Å²) < 4.78 is 0. The van der Waals surface area contributed by atoms with Gasteiger partial charge in [-0.25, -0.2) is 0 Å². The number of para-hydroxylation sites is 1. The molecule has 1 aromatic carbocycles. The number of aromatic nitrogens is 1. The first kappa shape index (κ1) is 13.7. The number of carbonyl (C=O) groups excluding carboxylic acids is 1. The third-order valence-corrected chi connectivity index (χ3v) is 4.02.